The fourth-order valence-corrected chi connectivity index (χ4v) is 2.48. The minimum Gasteiger partial charge on any atom is -0.466 e. The number of rotatable bonds is 4. The average molecular weight is 361 g/mol. The molecule has 0 radical (unpaired) electrons. The quantitative estimate of drug-likeness (QED) is 0.611. The number of hydrogen-bond donors (Lipinski definition) is 0. The first-order valence-electron chi connectivity index (χ1n) is 5.05. The molecule has 17 heavy (non-hydrogen) atoms. The lowest BCUT2D eigenvalue weighted by Crippen LogP contribution is -2.09. The minimum atomic E-state index is -0.317. The van der Waals surface area contributed by atoms with Crippen molar-refractivity contribution in [2.75, 3.05) is 6.61 Å². The number of halogens is 2. The van der Waals surface area contributed by atoms with E-state index in [4.69, 9.17) is 10.00 Å². The SMILES string of the molecule is CCOC(=O)Cc1cc(Br)cc(CBr)c1C#N. The Balaban J connectivity index is 3.10. The summed E-state index contributed by atoms with van der Waals surface area (Å²) in [6.45, 7) is 2.11. The van der Waals surface area contributed by atoms with Gasteiger partial charge < -0.3 is 4.74 Å². The summed E-state index contributed by atoms with van der Waals surface area (Å²) in [5.41, 5.74) is 2.09. The molecular weight excluding hydrogens is 350 g/mol. The van der Waals surface area contributed by atoms with Crippen LogP contribution in [0.2, 0.25) is 0 Å². The van der Waals surface area contributed by atoms with Gasteiger partial charge in [0, 0.05) is 9.80 Å². The summed E-state index contributed by atoms with van der Waals surface area (Å²) in [5, 5.41) is 9.70. The molecule has 0 N–H and O–H groups in total. The normalized spacial score (nSPS) is 9.76. The minimum absolute atomic E-state index is 0.121. The maximum absolute atomic E-state index is 11.4. The van der Waals surface area contributed by atoms with E-state index in [1.165, 1.54) is 0 Å². The molecule has 0 aromatic heterocycles. The predicted molar refractivity (Wildman–Crippen MR) is 71.8 cm³/mol. The molecule has 0 amide bonds. The number of hydrogen-bond acceptors (Lipinski definition) is 3. The maximum atomic E-state index is 11.4. The van der Waals surface area contributed by atoms with Gasteiger partial charge in [-0.05, 0) is 30.2 Å². The third kappa shape index (κ3) is 3.83. The molecule has 0 aliphatic heterocycles. The van der Waals surface area contributed by atoms with Crippen LogP contribution < -0.4 is 0 Å². The Labute approximate surface area is 117 Å². The van der Waals surface area contributed by atoms with Crippen molar-refractivity contribution in [3.63, 3.8) is 0 Å². The van der Waals surface area contributed by atoms with Gasteiger partial charge in [0.25, 0.3) is 0 Å². The van der Waals surface area contributed by atoms with E-state index in [9.17, 15) is 4.79 Å². The molecule has 0 saturated carbocycles. The molecule has 0 saturated heterocycles. The summed E-state index contributed by atoms with van der Waals surface area (Å²) in [6, 6.07) is 5.77. The second-order valence-corrected chi connectivity index (χ2v) is 4.80. The Hall–Kier alpha value is -0.860. The third-order valence-electron chi connectivity index (χ3n) is 2.16. The van der Waals surface area contributed by atoms with E-state index in [1.807, 2.05) is 6.07 Å². The fourth-order valence-electron chi connectivity index (χ4n) is 1.48. The Morgan fingerprint density at radius 2 is 2.12 bits per heavy atom. The highest BCUT2D eigenvalue weighted by Crippen LogP contribution is 2.23. The molecule has 0 aliphatic carbocycles. The van der Waals surface area contributed by atoms with Crippen LogP contribution in [0.3, 0.4) is 0 Å². The largest absolute Gasteiger partial charge is 0.466 e. The van der Waals surface area contributed by atoms with Crippen LogP contribution in [0.15, 0.2) is 16.6 Å². The van der Waals surface area contributed by atoms with E-state index in [0.717, 1.165) is 10.0 Å². The van der Waals surface area contributed by atoms with Gasteiger partial charge in [0.15, 0.2) is 0 Å². The summed E-state index contributed by atoms with van der Waals surface area (Å²) in [5.74, 6) is -0.317. The summed E-state index contributed by atoms with van der Waals surface area (Å²) in [6.07, 6.45) is 0.121. The smallest absolute Gasteiger partial charge is 0.310 e. The average Bonchev–Trinajstić information content (AvgIpc) is 2.28. The molecule has 0 heterocycles. The molecule has 1 aromatic rings. The number of esters is 1. The van der Waals surface area contributed by atoms with E-state index in [2.05, 4.69) is 37.9 Å². The fraction of sp³-hybridized carbons (Fsp3) is 0.333. The van der Waals surface area contributed by atoms with Gasteiger partial charge in [-0.25, -0.2) is 0 Å². The first-order valence-corrected chi connectivity index (χ1v) is 6.96. The second kappa shape index (κ2) is 6.77. The molecule has 0 atom stereocenters. The molecular formula is C12H11Br2NO2. The number of nitriles is 1. The molecule has 1 rings (SSSR count). The van der Waals surface area contributed by atoms with Crippen molar-refractivity contribution in [1.82, 2.24) is 0 Å². The van der Waals surface area contributed by atoms with E-state index in [1.54, 1.807) is 13.0 Å². The monoisotopic (exact) mass is 359 g/mol. The maximum Gasteiger partial charge on any atom is 0.310 e. The van der Waals surface area contributed by atoms with Gasteiger partial charge in [-0.1, -0.05) is 31.9 Å². The van der Waals surface area contributed by atoms with Crippen LogP contribution in [-0.4, -0.2) is 12.6 Å². The van der Waals surface area contributed by atoms with Gasteiger partial charge in [-0.2, -0.15) is 5.26 Å². The topological polar surface area (TPSA) is 50.1 Å². The zero-order chi connectivity index (χ0) is 12.8. The first kappa shape index (κ1) is 14.2. The van der Waals surface area contributed by atoms with E-state index in [-0.39, 0.29) is 12.4 Å². The van der Waals surface area contributed by atoms with Gasteiger partial charge in [-0.3, -0.25) is 4.79 Å². The Bertz CT molecular complexity index is 466. The van der Waals surface area contributed by atoms with Crippen molar-refractivity contribution in [2.45, 2.75) is 18.7 Å². The molecule has 90 valence electrons. The van der Waals surface area contributed by atoms with Gasteiger partial charge in [-0.15, -0.1) is 0 Å². The van der Waals surface area contributed by atoms with Crippen LogP contribution in [0.4, 0.5) is 0 Å². The molecule has 1 aromatic carbocycles. The molecule has 0 fully saturated rings. The molecule has 5 heteroatoms. The lowest BCUT2D eigenvalue weighted by atomic mass is 10.0. The van der Waals surface area contributed by atoms with Crippen LogP contribution >= 0.6 is 31.9 Å². The highest BCUT2D eigenvalue weighted by molar-refractivity contribution is 9.10. The number of carbonyl (C=O) groups is 1. The number of nitrogens with zero attached hydrogens (tertiary/aromatic N) is 1. The van der Waals surface area contributed by atoms with Gasteiger partial charge >= 0.3 is 5.97 Å². The number of carbonyl (C=O) groups excluding carboxylic acids is 1. The summed E-state index contributed by atoms with van der Waals surface area (Å²) in [4.78, 5) is 11.4. The zero-order valence-corrected chi connectivity index (χ0v) is 12.5. The highest BCUT2D eigenvalue weighted by Gasteiger charge is 2.13. The first-order chi connectivity index (χ1) is 8.12. The molecule has 0 unspecified atom stereocenters. The van der Waals surface area contributed by atoms with Crippen LogP contribution in [0.5, 0.6) is 0 Å². The van der Waals surface area contributed by atoms with Gasteiger partial charge in [0.1, 0.15) is 0 Å². The number of ether oxygens (including phenoxy) is 1. The second-order valence-electron chi connectivity index (χ2n) is 3.33. The van der Waals surface area contributed by atoms with Crippen molar-refractivity contribution >= 4 is 37.8 Å². The lowest BCUT2D eigenvalue weighted by molar-refractivity contribution is -0.142. The third-order valence-corrected chi connectivity index (χ3v) is 3.22. The van der Waals surface area contributed by atoms with Gasteiger partial charge in [0.05, 0.1) is 24.7 Å². The Morgan fingerprint density at radius 1 is 1.47 bits per heavy atom. The number of alkyl halides is 1. The van der Waals surface area contributed by atoms with Crippen molar-refractivity contribution in [3.8, 4) is 6.07 Å². The van der Waals surface area contributed by atoms with Crippen molar-refractivity contribution < 1.29 is 9.53 Å². The molecule has 0 aliphatic rings. The standard InChI is InChI=1S/C12H11Br2NO2/c1-2-17-12(16)5-8-3-10(14)4-9(6-13)11(8)7-15/h3-4H,2,5-6H2,1H3. The zero-order valence-electron chi connectivity index (χ0n) is 9.30. The van der Waals surface area contributed by atoms with E-state index in [0.29, 0.717) is 23.1 Å². The van der Waals surface area contributed by atoms with E-state index < -0.39 is 0 Å². The van der Waals surface area contributed by atoms with Crippen molar-refractivity contribution in [3.05, 3.63) is 33.3 Å². The molecule has 0 bridgehead atoms. The predicted octanol–water partition coefficient (Wildman–Crippen LogP) is 3.32. The Morgan fingerprint density at radius 3 is 2.65 bits per heavy atom. The summed E-state index contributed by atoms with van der Waals surface area (Å²) >= 11 is 6.69. The molecule has 0 spiro atoms. The van der Waals surface area contributed by atoms with Crippen LogP contribution in [0.1, 0.15) is 23.6 Å². The number of benzene rings is 1. The summed E-state index contributed by atoms with van der Waals surface area (Å²) < 4.78 is 5.74. The van der Waals surface area contributed by atoms with Crippen LogP contribution in [0.25, 0.3) is 0 Å². The van der Waals surface area contributed by atoms with E-state index >= 15 is 0 Å². The Kier molecular flexibility index (Phi) is 5.66. The highest BCUT2D eigenvalue weighted by atomic mass is 79.9. The summed E-state index contributed by atoms with van der Waals surface area (Å²) in [7, 11) is 0. The van der Waals surface area contributed by atoms with Crippen molar-refractivity contribution in [2.24, 2.45) is 0 Å². The van der Waals surface area contributed by atoms with Crippen molar-refractivity contribution in [1.29, 1.82) is 5.26 Å². The van der Waals surface area contributed by atoms with Crippen LogP contribution in [-0.2, 0) is 21.3 Å². The lowest BCUT2D eigenvalue weighted by Gasteiger charge is -2.08. The van der Waals surface area contributed by atoms with Gasteiger partial charge in [0.2, 0.25) is 0 Å². The van der Waals surface area contributed by atoms with Crippen LogP contribution in [0, 0.1) is 11.3 Å². The molecule has 3 nitrogen and oxygen atoms in total.